The van der Waals surface area contributed by atoms with Crippen molar-refractivity contribution in [1.29, 1.82) is 0 Å². The molecule has 1 rings (SSSR count). The number of rotatable bonds is 3. The average molecular weight is 186 g/mol. The molecular weight excluding hydrogens is 171 g/mol. The molecule has 1 saturated heterocycles. The lowest BCUT2D eigenvalue weighted by Crippen LogP contribution is -2.40. The SMILES string of the molecule is C/C=C/CN1C[C@H](F)C[C@H]1C(N)=O. The van der Waals surface area contributed by atoms with Gasteiger partial charge in [-0.2, -0.15) is 0 Å². The number of carbonyl (C=O) groups is 1. The number of likely N-dealkylation sites (tertiary alicyclic amines) is 1. The lowest BCUT2D eigenvalue weighted by Gasteiger charge is -2.18. The number of amides is 1. The van der Waals surface area contributed by atoms with Crippen LogP contribution in [0.4, 0.5) is 4.39 Å². The van der Waals surface area contributed by atoms with Gasteiger partial charge in [0.15, 0.2) is 0 Å². The Bertz CT molecular complexity index is 218. The third-order valence-electron chi connectivity index (χ3n) is 2.26. The molecule has 0 aliphatic carbocycles. The maximum absolute atomic E-state index is 12.9. The number of allylic oxidation sites excluding steroid dienone is 1. The highest BCUT2D eigenvalue weighted by molar-refractivity contribution is 5.80. The van der Waals surface area contributed by atoms with Crippen LogP contribution in [0.3, 0.4) is 0 Å². The van der Waals surface area contributed by atoms with Crippen LogP contribution in [0.15, 0.2) is 12.2 Å². The maximum atomic E-state index is 12.9. The molecule has 3 nitrogen and oxygen atoms in total. The summed E-state index contributed by atoms with van der Waals surface area (Å²) in [7, 11) is 0. The Morgan fingerprint density at radius 1 is 1.77 bits per heavy atom. The molecule has 2 N–H and O–H groups in total. The molecule has 1 fully saturated rings. The van der Waals surface area contributed by atoms with Gasteiger partial charge in [0, 0.05) is 19.5 Å². The average Bonchev–Trinajstić information content (AvgIpc) is 2.43. The second kappa shape index (κ2) is 4.37. The predicted octanol–water partition coefficient (Wildman–Crippen LogP) is 0.460. The molecule has 1 amide bonds. The van der Waals surface area contributed by atoms with E-state index in [0.717, 1.165) is 0 Å². The van der Waals surface area contributed by atoms with E-state index in [0.29, 0.717) is 13.1 Å². The van der Waals surface area contributed by atoms with E-state index >= 15 is 0 Å². The largest absolute Gasteiger partial charge is 0.368 e. The molecule has 0 saturated carbocycles. The molecule has 0 unspecified atom stereocenters. The first-order valence-corrected chi connectivity index (χ1v) is 4.43. The Balaban J connectivity index is 2.55. The number of nitrogens with two attached hydrogens (primary N) is 1. The van der Waals surface area contributed by atoms with Gasteiger partial charge in [0.25, 0.3) is 0 Å². The number of halogens is 1. The summed E-state index contributed by atoms with van der Waals surface area (Å²) >= 11 is 0. The monoisotopic (exact) mass is 186 g/mol. The van der Waals surface area contributed by atoms with Crippen molar-refractivity contribution in [2.45, 2.75) is 25.6 Å². The molecule has 0 bridgehead atoms. The van der Waals surface area contributed by atoms with Crippen molar-refractivity contribution in [2.75, 3.05) is 13.1 Å². The molecule has 0 aromatic carbocycles. The highest BCUT2D eigenvalue weighted by atomic mass is 19.1. The fourth-order valence-electron chi connectivity index (χ4n) is 1.59. The molecule has 1 heterocycles. The first-order chi connectivity index (χ1) is 6.15. The normalized spacial score (nSPS) is 30.0. The number of carbonyl (C=O) groups excluding carboxylic acids is 1. The van der Waals surface area contributed by atoms with Gasteiger partial charge in [0.05, 0.1) is 6.04 Å². The van der Waals surface area contributed by atoms with Crippen LogP contribution in [0.1, 0.15) is 13.3 Å². The van der Waals surface area contributed by atoms with E-state index in [4.69, 9.17) is 5.73 Å². The zero-order chi connectivity index (χ0) is 9.84. The van der Waals surface area contributed by atoms with E-state index in [1.165, 1.54) is 0 Å². The lowest BCUT2D eigenvalue weighted by molar-refractivity contribution is -0.122. The highest BCUT2D eigenvalue weighted by Crippen LogP contribution is 2.19. The number of hydrogen-bond acceptors (Lipinski definition) is 2. The molecule has 4 heteroatoms. The third kappa shape index (κ3) is 2.52. The first kappa shape index (κ1) is 10.2. The molecule has 0 aromatic heterocycles. The minimum Gasteiger partial charge on any atom is -0.368 e. The number of primary amides is 1. The van der Waals surface area contributed by atoms with Crippen molar-refractivity contribution in [3.05, 3.63) is 12.2 Å². The Hall–Kier alpha value is -0.900. The van der Waals surface area contributed by atoms with E-state index < -0.39 is 18.1 Å². The van der Waals surface area contributed by atoms with Crippen molar-refractivity contribution < 1.29 is 9.18 Å². The van der Waals surface area contributed by atoms with E-state index in [2.05, 4.69) is 0 Å². The standard InChI is InChI=1S/C9H15FN2O/c1-2-3-4-12-6-7(10)5-8(12)9(11)13/h2-3,7-8H,4-6H2,1H3,(H2,11,13)/b3-2+/t7-,8+/m1/s1. The summed E-state index contributed by atoms with van der Waals surface area (Å²) in [6.07, 6.45) is 3.10. The summed E-state index contributed by atoms with van der Waals surface area (Å²) in [5, 5.41) is 0. The van der Waals surface area contributed by atoms with Crippen LogP contribution in [0.5, 0.6) is 0 Å². The Kier molecular flexibility index (Phi) is 3.42. The minimum absolute atomic E-state index is 0.243. The van der Waals surface area contributed by atoms with Gasteiger partial charge in [-0.1, -0.05) is 12.2 Å². The van der Waals surface area contributed by atoms with Crippen LogP contribution in [0, 0.1) is 0 Å². The lowest BCUT2D eigenvalue weighted by atomic mass is 10.2. The van der Waals surface area contributed by atoms with Gasteiger partial charge in [-0.05, 0) is 6.92 Å². The topological polar surface area (TPSA) is 46.3 Å². The Morgan fingerprint density at radius 2 is 2.46 bits per heavy atom. The van der Waals surface area contributed by atoms with Crippen molar-refractivity contribution in [1.82, 2.24) is 4.90 Å². The van der Waals surface area contributed by atoms with Crippen LogP contribution in [0.2, 0.25) is 0 Å². The Morgan fingerprint density at radius 3 is 3.00 bits per heavy atom. The Labute approximate surface area is 77.4 Å². The summed E-state index contributed by atoms with van der Waals surface area (Å²) < 4.78 is 12.9. The van der Waals surface area contributed by atoms with Gasteiger partial charge >= 0.3 is 0 Å². The van der Waals surface area contributed by atoms with E-state index in [9.17, 15) is 9.18 Å². The van der Waals surface area contributed by atoms with E-state index in [1.807, 2.05) is 19.1 Å². The van der Waals surface area contributed by atoms with Crippen molar-refractivity contribution in [3.63, 3.8) is 0 Å². The van der Waals surface area contributed by atoms with Crippen LogP contribution >= 0.6 is 0 Å². The van der Waals surface area contributed by atoms with Crippen molar-refractivity contribution >= 4 is 5.91 Å². The fourth-order valence-corrected chi connectivity index (χ4v) is 1.59. The fraction of sp³-hybridized carbons (Fsp3) is 0.667. The summed E-state index contributed by atoms with van der Waals surface area (Å²) in [6, 6.07) is -0.425. The zero-order valence-corrected chi connectivity index (χ0v) is 7.74. The summed E-state index contributed by atoms with van der Waals surface area (Å²) in [5.74, 6) is -0.426. The van der Waals surface area contributed by atoms with Crippen molar-refractivity contribution in [3.8, 4) is 0 Å². The predicted molar refractivity (Wildman–Crippen MR) is 48.9 cm³/mol. The second-order valence-corrected chi connectivity index (χ2v) is 3.27. The number of alkyl halides is 1. The van der Waals surface area contributed by atoms with Crippen molar-refractivity contribution in [2.24, 2.45) is 5.73 Å². The van der Waals surface area contributed by atoms with E-state index in [-0.39, 0.29) is 6.42 Å². The van der Waals surface area contributed by atoms with E-state index in [1.54, 1.807) is 4.90 Å². The first-order valence-electron chi connectivity index (χ1n) is 4.43. The third-order valence-corrected chi connectivity index (χ3v) is 2.26. The van der Waals surface area contributed by atoms with Crippen LogP contribution in [-0.2, 0) is 4.79 Å². The molecule has 13 heavy (non-hydrogen) atoms. The minimum atomic E-state index is -0.914. The smallest absolute Gasteiger partial charge is 0.234 e. The summed E-state index contributed by atoms with van der Waals surface area (Å²) in [6.45, 7) is 2.81. The number of hydrogen-bond donors (Lipinski definition) is 1. The molecule has 0 spiro atoms. The summed E-state index contributed by atoms with van der Waals surface area (Å²) in [5.41, 5.74) is 5.15. The quantitative estimate of drug-likeness (QED) is 0.651. The van der Waals surface area contributed by atoms with Gasteiger partial charge in [0.1, 0.15) is 6.17 Å². The van der Waals surface area contributed by atoms with Crippen LogP contribution < -0.4 is 5.73 Å². The highest BCUT2D eigenvalue weighted by Gasteiger charge is 2.34. The van der Waals surface area contributed by atoms with Gasteiger partial charge in [0.2, 0.25) is 5.91 Å². The molecule has 1 aliphatic heterocycles. The molecule has 74 valence electrons. The van der Waals surface area contributed by atoms with Crippen LogP contribution in [0.25, 0.3) is 0 Å². The molecule has 2 atom stereocenters. The molecule has 0 aromatic rings. The molecular formula is C9H15FN2O. The molecule has 0 radical (unpaired) electrons. The van der Waals surface area contributed by atoms with Gasteiger partial charge in [-0.15, -0.1) is 0 Å². The van der Waals surface area contributed by atoms with Crippen LogP contribution in [-0.4, -0.2) is 36.1 Å². The number of nitrogens with zero attached hydrogens (tertiary/aromatic N) is 1. The van der Waals surface area contributed by atoms with Gasteiger partial charge in [-0.25, -0.2) is 4.39 Å². The van der Waals surface area contributed by atoms with Gasteiger partial charge in [-0.3, -0.25) is 9.69 Å². The van der Waals surface area contributed by atoms with Gasteiger partial charge < -0.3 is 5.73 Å². The second-order valence-electron chi connectivity index (χ2n) is 3.27. The molecule has 1 aliphatic rings. The maximum Gasteiger partial charge on any atom is 0.234 e. The summed E-state index contributed by atoms with van der Waals surface area (Å²) in [4.78, 5) is 12.7. The zero-order valence-electron chi connectivity index (χ0n) is 7.74.